The molecule has 0 aliphatic carbocycles. The Morgan fingerprint density at radius 2 is 2.29 bits per heavy atom. The molecule has 0 aliphatic rings. The molecule has 4 heteroatoms. The number of hydrogen-bond donors (Lipinski definition) is 1. The van der Waals surface area contributed by atoms with Gasteiger partial charge in [0.05, 0.1) is 11.1 Å². The van der Waals surface area contributed by atoms with Crippen LogP contribution in [0.3, 0.4) is 0 Å². The predicted molar refractivity (Wildman–Crippen MR) is 71.2 cm³/mol. The number of hydrogen-bond acceptors (Lipinski definition) is 2. The molecule has 1 rings (SSSR count). The number of halogens is 1. The lowest BCUT2D eigenvalue weighted by Crippen LogP contribution is -1.97. The second-order valence-electron chi connectivity index (χ2n) is 3.56. The van der Waals surface area contributed by atoms with E-state index < -0.39 is 5.97 Å². The van der Waals surface area contributed by atoms with Gasteiger partial charge in [-0.15, -0.1) is 0 Å². The van der Waals surface area contributed by atoms with E-state index >= 15 is 0 Å². The molecule has 0 spiro atoms. The van der Waals surface area contributed by atoms with Gasteiger partial charge >= 0.3 is 5.97 Å². The molecular weight excluding hydrogens is 284 g/mol. The highest BCUT2D eigenvalue weighted by Crippen LogP contribution is 2.26. The topological polar surface area (TPSA) is 46.5 Å². The Balaban J connectivity index is 2.69. The second kappa shape index (κ2) is 7.12. The fourth-order valence-electron chi connectivity index (χ4n) is 1.23. The first-order valence-corrected chi connectivity index (χ1v) is 6.26. The number of ether oxygens (including phenoxy) is 1. The third-order valence-electron chi connectivity index (χ3n) is 2.13. The fraction of sp³-hybridized carbons (Fsp3) is 0.308. The monoisotopic (exact) mass is 298 g/mol. The van der Waals surface area contributed by atoms with Crippen LogP contribution >= 0.6 is 15.9 Å². The molecule has 0 atom stereocenters. The standard InChI is InChI=1S/C13H15BrO3/c1-2-3-8-17-12-6-4-10(9-11(12)14)5-7-13(15)16/h4-7,9H,2-3,8H2,1H3,(H,15,16). The van der Waals surface area contributed by atoms with E-state index in [9.17, 15) is 4.79 Å². The highest BCUT2D eigenvalue weighted by molar-refractivity contribution is 9.10. The maximum absolute atomic E-state index is 10.4. The van der Waals surface area contributed by atoms with E-state index in [4.69, 9.17) is 9.84 Å². The van der Waals surface area contributed by atoms with E-state index in [1.165, 1.54) is 0 Å². The van der Waals surface area contributed by atoms with E-state index in [1.54, 1.807) is 6.08 Å². The lowest BCUT2D eigenvalue weighted by Gasteiger charge is -2.07. The van der Waals surface area contributed by atoms with E-state index in [2.05, 4.69) is 22.9 Å². The summed E-state index contributed by atoms with van der Waals surface area (Å²) in [5.74, 6) is -0.171. The van der Waals surface area contributed by atoms with Gasteiger partial charge in [-0.25, -0.2) is 4.79 Å². The zero-order valence-electron chi connectivity index (χ0n) is 9.65. The van der Waals surface area contributed by atoms with Crippen LogP contribution in [-0.4, -0.2) is 17.7 Å². The number of benzene rings is 1. The predicted octanol–water partition coefficient (Wildman–Crippen LogP) is 3.73. The van der Waals surface area contributed by atoms with Crippen molar-refractivity contribution in [3.05, 3.63) is 34.3 Å². The first-order valence-electron chi connectivity index (χ1n) is 5.47. The third-order valence-corrected chi connectivity index (χ3v) is 2.75. The Hall–Kier alpha value is -1.29. The Morgan fingerprint density at radius 3 is 2.88 bits per heavy atom. The first kappa shape index (κ1) is 13.8. The summed E-state index contributed by atoms with van der Waals surface area (Å²) in [5.41, 5.74) is 0.821. The highest BCUT2D eigenvalue weighted by Gasteiger charge is 2.01. The van der Waals surface area contributed by atoms with Gasteiger partial charge in [0.25, 0.3) is 0 Å². The molecule has 3 nitrogen and oxygen atoms in total. The van der Waals surface area contributed by atoms with Gasteiger partial charge in [0, 0.05) is 6.08 Å². The summed E-state index contributed by atoms with van der Waals surface area (Å²) in [7, 11) is 0. The Morgan fingerprint density at radius 1 is 1.53 bits per heavy atom. The maximum atomic E-state index is 10.4. The molecule has 0 heterocycles. The summed E-state index contributed by atoms with van der Waals surface area (Å²) in [6, 6.07) is 5.49. The van der Waals surface area contributed by atoms with E-state index in [0.29, 0.717) is 6.61 Å². The molecule has 1 aromatic rings. The lowest BCUT2D eigenvalue weighted by atomic mass is 10.2. The van der Waals surface area contributed by atoms with Crippen molar-refractivity contribution >= 4 is 28.0 Å². The van der Waals surface area contributed by atoms with Gasteiger partial charge in [-0.05, 0) is 46.1 Å². The second-order valence-corrected chi connectivity index (χ2v) is 4.42. The van der Waals surface area contributed by atoms with Crippen molar-refractivity contribution in [2.24, 2.45) is 0 Å². The molecule has 0 fully saturated rings. The molecule has 17 heavy (non-hydrogen) atoms. The average Bonchev–Trinajstić information content (AvgIpc) is 2.29. The van der Waals surface area contributed by atoms with Crippen molar-refractivity contribution in [2.75, 3.05) is 6.61 Å². The van der Waals surface area contributed by atoms with Gasteiger partial charge in [-0.3, -0.25) is 0 Å². The van der Waals surface area contributed by atoms with E-state index in [-0.39, 0.29) is 0 Å². The van der Waals surface area contributed by atoms with Gasteiger partial charge in [0.2, 0.25) is 0 Å². The van der Waals surface area contributed by atoms with Crippen molar-refractivity contribution in [2.45, 2.75) is 19.8 Å². The van der Waals surface area contributed by atoms with E-state index in [0.717, 1.165) is 34.7 Å². The quantitative estimate of drug-likeness (QED) is 0.643. The Kier molecular flexibility index (Phi) is 5.77. The molecular formula is C13H15BrO3. The van der Waals surface area contributed by atoms with Gasteiger partial charge < -0.3 is 9.84 Å². The van der Waals surface area contributed by atoms with Gasteiger partial charge in [0.1, 0.15) is 5.75 Å². The molecule has 0 unspecified atom stereocenters. The SMILES string of the molecule is CCCCOc1ccc(C=CC(=O)O)cc1Br. The summed E-state index contributed by atoms with van der Waals surface area (Å²) in [6.45, 7) is 2.80. The third kappa shape index (κ3) is 5.04. The summed E-state index contributed by atoms with van der Waals surface area (Å²) in [6.07, 6.45) is 4.77. The van der Waals surface area contributed by atoms with Crippen molar-refractivity contribution in [3.63, 3.8) is 0 Å². The van der Waals surface area contributed by atoms with Gasteiger partial charge in [0.15, 0.2) is 0 Å². The summed E-state index contributed by atoms with van der Waals surface area (Å²) < 4.78 is 6.40. The lowest BCUT2D eigenvalue weighted by molar-refractivity contribution is -0.131. The number of carboxylic acid groups (broad SMARTS) is 1. The van der Waals surface area contributed by atoms with Crippen LogP contribution in [0.2, 0.25) is 0 Å². The first-order chi connectivity index (χ1) is 8.13. The van der Waals surface area contributed by atoms with Crippen LogP contribution in [0.1, 0.15) is 25.3 Å². The molecule has 0 saturated carbocycles. The number of carbonyl (C=O) groups is 1. The Labute approximate surface area is 109 Å². The van der Waals surface area contributed by atoms with Gasteiger partial charge in [-0.2, -0.15) is 0 Å². The minimum Gasteiger partial charge on any atom is -0.492 e. The summed E-state index contributed by atoms with van der Waals surface area (Å²) >= 11 is 3.40. The molecule has 92 valence electrons. The Bertz CT molecular complexity index is 413. The number of aliphatic carboxylic acids is 1. The molecule has 1 aromatic carbocycles. The molecule has 0 bridgehead atoms. The molecule has 0 aromatic heterocycles. The highest BCUT2D eigenvalue weighted by atomic mass is 79.9. The number of unbranched alkanes of at least 4 members (excludes halogenated alkanes) is 1. The van der Waals surface area contributed by atoms with Gasteiger partial charge in [-0.1, -0.05) is 19.4 Å². The van der Waals surface area contributed by atoms with Crippen LogP contribution in [0, 0.1) is 0 Å². The number of carboxylic acids is 1. The molecule has 0 radical (unpaired) electrons. The molecule has 1 N–H and O–H groups in total. The van der Waals surface area contributed by atoms with Crippen LogP contribution in [0.4, 0.5) is 0 Å². The molecule has 0 saturated heterocycles. The van der Waals surface area contributed by atoms with Crippen molar-refractivity contribution < 1.29 is 14.6 Å². The van der Waals surface area contributed by atoms with Crippen LogP contribution in [-0.2, 0) is 4.79 Å². The van der Waals surface area contributed by atoms with Crippen LogP contribution in [0.25, 0.3) is 6.08 Å². The zero-order chi connectivity index (χ0) is 12.7. The van der Waals surface area contributed by atoms with Crippen LogP contribution in [0.5, 0.6) is 5.75 Å². The largest absolute Gasteiger partial charge is 0.492 e. The average molecular weight is 299 g/mol. The fourth-order valence-corrected chi connectivity index (χ4v) is 1.74. The zero-order valence-corrected chi connectivity index (χ0v) is 11.2. The summed E-state index contributed by atoms with van der Waals surface area (Å²) in [5, 5.41) is 8.52. The smallest absolute Gasteiger partial charge is 0.328 e. The minimum absolute atomic E-state index is 0.694. The van der Waals surface area contributed by atoms with Crippen LogP contribution < -0.4 is 4.74 Å². The van der Waals surface area contributed by atoms with E-state index in [1.807, 2.05) is 18.2 Å². The van der Waals surface area contributed by atoms with Crippen molar-refractivity contribution in [1.82, 2.24) is 0 Å². The van der Waals surface area contributed by atoms with Crippen LogP contribution in [0.15, 0.2) is 28.7 Å². The van der Waals surface area contributed by atoms with Crippen molar-refractivity contribution in [1.29, 1.82) is 0 Å². The molecule has 0 amide bonds. The minimum atomic E-state index is -0.954. The number of rotatable bonds is 6. The summed E-state index contributed by atoms with van der Waals surface area (Å²) in [4.78, 5) is 10.4. The maximum Gasteiger partial charge on any atom is 0.328 e. The molecule has 0 aliphatic heterocycles. The van der Waals surface area contributed by atoms with Crippen molar-refractivity contribution in [3.8, 4) is 5.75 Å². The normalized spacial score (nSPS) is 10.7.